The van der Waals surface area contributed by atoms with Gasteiger partial charge in [0.1, 0.15) is 5.69 Å². The Morgan fingerprint density at radius 3 is 2.77 bits per heavy atom. The van der Waals surface area contributed by atoms with E-state index < -0.39 is 4.92 Å². The van der Waals surface area contributed by atoms with Crippen LogP contribution in [0.3, 0.4) is 0 Å². The lowest BCUT2D eigenvalue weighted by Crippen LogP contribution is -2.37. The normalized spacial score (nSPS) is 17.1. The number of nitrogens with zero attached hydrogens (tertiary/aromatic N) is 3. The van der Waals surface area contributed by atoms with Gasteiger partial charge < -0.3 is 14.5 Å². The molecule has 26 heavy (non-hydrogen) atoms. The second kappa shape index (κ2) is 7.05. The molecule has 2 aromatic rings. The summed E-state index contributed by atoms with van der Waals surface area (Å²) in [6, 6.07) is 6.85. The van der Waals surface area contributed by atoms with Crippen LogP contribution in [0.25, 0.3) is 0 Å². The molecule has 4 rings (SSSR count). The third-order valence-electron chi connectivity index (χ3n) is 4.87. The minimum Gasteiger partial charge on any atom is -0.378 e. The van der Waals surface area contributed by atoms with Crippen LogP contribution in [0, 0.1) is 10.1 Å². The van der Waals surface area contributed by atoms with Gasteiger partial charge in [-0.3, -0.25) is 14.9 Å². The van der Waals surface area contributed by atoms with Crippen molar-refractivity contribution in [2.75, 3.05) is 37.7 Å². The zero-order valence-corrected chi connectivity index (χ0v) is 15.0. The summed E-state index contributed by atoms with van der Waals surface area (Å²) in [5, 5.41) is 13.6. The zero-order valence-electron chi connectivity index (χ0n) is 14.2. The summed E-state index contributed by atoms with van der Waals surface area (Å²) in [6.07, 6.45) is 0.840. The second-order valence-electron chi connectivity index (χ2n) is 6.41. The average Bonchev–Trinajstić information content (AvgIpc) is 3.15. The van der Waals surface area contributed by atoms with Gasteiger partial charge in [-0.25, -0.2) is 0 Å². The molecular formula is C18H19N3O4S. The number of carbonyl (C=O) groups is 1. The highest BCUT2D eigenvalue weighted by Crippen LogP contribution is 2.31. The van der Waals surface area contributed by atoms with Crippen LogP contribution in [0.15, 0.2) is 29.6 Å². The van der Waals surface area contributed by atoms with Gasteiger partial charge in [0.25, 0.3) is 11.6 Å². The molecule has 2 aliphatic heterocycles. The van der Waals surface area contributed by atoms with Gasteiger partial charge in [0.2, 0.25) is 0 Å². The Bertz CT molecular complexity index is 845. The summed E-state index contributed by atoms with van der Waals surface area (Å²) in [7, 11) is 0. The summed E-state index contributed by atoms with van der Waals surface area (Å²) in [5.41, 5.74) is 2.07. The third kappa shape index (κ3) is 3.17. The lowest BCUT2D eigenvalue weighted by atomic mass is 10.1. The quantitative estimate of drug-likeness (QED) is 0.611. The molecule has 0 N–H and O–H groups in total. The van der Waals surface area contributed by atoms with Crippen LogP contribution < -0.4 is 4.90 Å². The van der Waals surface area contributed by atoms with Crippen molar-refractivity contribution in [1.82, 2.24) is 4.90 Å². The fourth-order valence-corrected chi connectivity index (χ4v) is 4.37. The monoisotopic (exact) mass is 373 g/mol. The van der Waals surface area contributed by atoms with Crippen LogP contribution in [-0.2, 0) is 17.7 Å². The smallest absolute Gasteiger partial charge is 0.293 e. The SMILES string of the molecule is O=C(c1ccc(N2CCOCC2)c([N+](=O)[O-])c1)N1CCc2sccc2C1. The average molecular weight is 373 g/mol. The number of morpholine rings is 1. The minimum absolute atomic E-state index is 0.0222. The number of carbonyl (C=O) groups excluding carboxylic acids is 1. The fraction of sp³-hybridized carbons (Fsp3) is 0.389. The van der Waals surface area contributed by atoms with Crippen molar-refractivity contribution in [3.63, 3.8) is 0 Å². The van der Waals surface area contributed by atoms with E-state index >= 15 is 0 Å². The third-order valence-corrected chi connectivity index (χ3v) is 5.89. The van der Waals surface area contributed by atoms with E-state index in [1.165, 1.54) is 16.5 Å². The highest BCUT2D eigenvalue weighted by molar-refractivity contribution is 7.10. The van der Waals surface area contributed by atoms with E-state index in [0.717, 1.165) is 6.42 Å². The standard InChI is InChI=1S/C18H19N3O4S/c22-18(20-5-3-17-14(12-20)4-10-26-17)13-1-2-15(16(11-13)21(23)24)19-6-8-25-9-7-19/h1-2,4,10-11H,3,5-9,12H2. The molecule has 0 saturated carbocycles. The molecular weight excluding hydrogens is 354 g/mol. The number of rotatable bonds is 3. The number of hydrogen-bond donors (Lipinski definition) is 0. The van der Waals surface area contributed by atoms with E-state index in [2.05, 4.69) is 0 Å². The van der Waals surface area contributed by atoms with E-state index in [1.54, 1.807) is 28.4 Å². The van der Waals surface area contributed by atoms with E-state index in [1.807, 2.05) is 16.3 Å². The van der Waals surface area contributed by atoms with Gasteiger partial charge in [0, 0.05) is 42.7 Å². The molecule has 1 fully saturated rings. The first-order valence-corrected chi connectivity index (χ1v) is 9.47. The summed E-state index contributed by atoms with van der Waals surface area (Å²) in [4.78, 5) is 29.1. The number of nitro groups is 1. The number of benzene rings is 1. The molecule has 7 nitrogen and oxygen atoms in total. The molecule has 1 aromatic carbocycles. The fourth-order valence-electron chi connectivity index (χ4n) is 3.48. The first-order valence-electron chi connectivity index (χ1n) is 8.59. The predicted octanol–water partition coefficient (Wildman–Crippen LogP) is 2.69. The molecule has 3 heterocycles. The van der Waals surface area contributed by atoms with Gasteiger partial charge in [0.15, 0.2) is 0 Å². The van der Waals surface area contributed by atoms with Gasteiger partial charge in [0.05, 0.1) is 18.1 Å². The van der Waals surface area contributed by atoms with Crippen molar-refractivity contribution in [3.8, 4) is 0 Å². The predicted molar refractivity (Wildman–Crippen MR) is 98.9 cm³/mol. The Hall–Kier alpha value is -2.45. The second-order valence-corrected chi connectivity index (χ2v) is 7.41. The summed E-state index contributed by atoms with van der Waals surface area (Å²) >= 11 is 1.72. The number of hydrogen-bond acceptors (Lipinski definition) is 6. The molecule has 0 unspecified atom stereocenters. The molecule has 1 aromatic heterocycles. The largest absolute Gasteiger partial charge is 0.378 e. The van der Waals surface area contributed by atoms with Crippen molar-refractivity contribution in [3.05, 3.63) is 55.8 Å². The van der Waals surface area contributed by atoms with Crippen molar-refractivity contribution < 1.29 is 14.5 Å². The van der Waals surface area contributed by atoms with E-state index in [9.17, 15) is 14.9 Å². The number of ether oxygens (including phenoxy) is 1. The number of amides is 1. The van der Waals surface area contributed by atoms with Crippen LogP contribution in [0.5, 0.6) is 0 Å². The van der Waals surface area contributed by atoms with Crippen LogP contribution in [0.4, 0.5) is 11.4 Å². The Balaban J connectivity index is 1.59. The number of thiophene rings is 1. The summed E-state index contributed by atoms with van der Waals surface area (Å²) < 4.78 is 5.31. The molecule has 136 valence electrons. The van der Waals surface area contributed by atoms with Gasteiger partial charge in [-0.05, 0) is 35.6 Å². The minimum atomic E-state index is -0.408. The van der Waals surface area contributed by atoms with E-state index in [0.29, 0.717) is 50.6 Å². The number of fused-ring (bicyclic) bond motifs is 1. The lowest BCUT2D eigenvalue weighted by molar-refractivity contribution is -0.384. The number of nitro benzene ring substituents is 1. The first kappa shape index (κ1) is 17.0. The molecule has 0 bridgehead atoms. The molecule has 2 aliphatic rings. The Kier molecular flexibility index (Phi) is 4.60. The summed E-state index contributed by atoms with van der Waals surface area (Å²) in [5.74, 6) is -0.154. The van der Waals surface area contributed by atoms with Gasteiger partial charge in [-0.2, -0.15) is 0 Å². The lowest BCUT2D eigenvalue weighted by Gasteiger charge is -2.29. The summed E-state index contributed by atoms with van der Waals surface area (Å²) in [6.45, 7) is 3.54. The van der Waals surface area contributed by atoms with Crippen molar-refractivity contribution in [2.24, 2.45) is 0 Å². The molecule has 0 spiro atoms. The molecule has 0 atom stereocenters. The highest BCUT2D eigenvalue weighted by Gasteiger charge is 2.27. The maximum atomic E-state index is 12.9. The molecule has 1 amide bonds. The zero-order chi connectivity index (χ0) is 18.1. The molecule has 0 aliphatic carbocycles. The van der Waals surface area contributed by atoms with Crippen molar-refractivity contribution in [2.45, 2.75) is 13.0 Å². The highest BCUT2D eigenvalue weighted by atomic mass is 32.1. The van der Waals surface area contributed by atoms with Crippen molar-refractivity contribution >= 4 is 28.6 Å². The van der Waals surface area contributed by atoms with E-state index in [-0.39, 0.29) is 11.6 Å². The van der Waals surface area contributed by atoms with Gasteiger partial charge >= 0.3 is 0 Å². The molecule has 0 radical (unpaired) electrons. The van der Waals surface area contributed by atoms with Crippen LogP contribution in [-0.4, -0.2) is 48.6 Å². The van der Waals surface area contributed by atoms with E-state index in [4.69, 9.17) is 4.74 Å². The van der Waals surface area contributed by atoms with Gasteiger partial charge in [-0.1, -0.05) is 0 Å². The van der Waals surface area contributed by atoms with Crippen LogP contribution >= 0.6 is 11.3 Å². The Morgan fingerprint density at radius 2 is 2.00 bits per heavy atom. The maximum Gasteiger partial charge on any atom is 0.293 e. The molecule has 8 heteroatoms. The van der Waals surface area contributed by atoms with Crippen LogP contribution in [0.2, 0.25) is 0 Å². The van der Waals surface area contributed by atoms with Crippen LogP contribution in [0.1, 0.15) is 20.8 Å². The first-order chi connectivity index (χ1) is 12.6. The van der Waals surface area contributed by atoms with Crippen molar-refractivity contribution in [1.29, 1.82) is 0 Å². The Morgan fingerprint density at radius 1 is 1.19 bits per heavy atom. The number of anilines is 1. The van der Waals surface area contributed by atoms with Gasteiger partial charge in [-0.15, -0.1) is 11.3 Å². The Labute approximate surface area is 154 Å². The molecule has 1 saturated heterocycles. The maximum absolute atomic E-state index is 12.9. The topological polar surface area (TPSA) is 75.9 Å².